The lowest BCUT2D eigenvalue weighted by atomic mass is 10.0. The number of amides is 1. The van der Waals surface area contributed by atoms with Crippen molar-refractivity contribution in [2.24, 2.45) is 5.92 Å². The van der Waals surface area contributed by atoms with Crippen molar-refractivity contribution < 1.29 is 4.79 Å². The van der Waals surface area contributed by atoms with Gasteiger partial charge in [0.25, 0.3) is 5.91 Å². The maximum Gasteiger partial charge on any atom is 0.251 e. The number of carbonyl (C=O) groups is 1. The van der Waals surface area contributed by atoms with Gasteiger partial charge < -0.3 is 10.2 Å². The third-order valence-corrected chi connectivity index (χ3v) is 3.34. The van der Waals surface area contributed by atoms with Crippen LogP contribution in [-0.4, -0.2) is 37.5 Å². The van der Waals surface area contributed by atoms with E-state index in [0.29, 0.717) is 17.4 Å². The molecule has 1 atom stereocenters. The summed E-state index contributed by atoms with van der Waals surface area (Å²) in [6.45, 7) is 5.06. The molecule has 0 saturated carbocycles. The minimum atomic E-state index is -0.0347. The largest absolute Gasteiger partial charge is 0.348 e. The van der Waals surface area contributed by atoms with Crippen LogP contribution < -0.4 is 5.32 Å². The van der Waals surface area contributed by atoms with Crippen LogP contribution in [-0.2, 0) is 5.88 Å². The fraction of sp³-hybridized carbons (Fsp3) is 0.533. The molecule has 1 aromatic carbocycles. The molecule has 19 heavy (non-hydrogen) atoms. The van der Waals surface area contributed by atoms with Crippen molar-refractivity contribution in [2.45, 2.75) is 25.8 Å². The van der Waals surface area contributed by atoms with Crippen molar-refractivity contribution in [1.82, 2.24) is 10.2 Å². The zero-order valence-electron chi connectivity index (χ0n) is 12.1. The zero-order chi connectivity index (χ0) is 14.4. The van der Waals surface area contributed by atoms with E-state index in [1.54, 1.807) is 0 Å². The van der Waals surface area contributed by atoms with Crippen molar-refractivity contribution in [1.29, 1.82) is 0 Å². The van der Waals surface area contributed by atoms with Crippen molar-refractivity contribution in [2.75, 3.05) is 20.6 Å². The molecule has 1 N–H and O–H groups in total. The summed E-state index contributed by atoms with van der Waals surface area (Å²) in [7, 11) is 4.02. The second kappa shape index (κ2) is 7.51. The lowest BCUT2D eigenvalue weighted by Crippen LogP contribution is -2.45. The Bertz CT molecular complexity index is 418. The monoisotopic (exact) mass is 282 g/mol. The van der Waals surface area contributed by atoms with Gasteiger partial charge in [-0.05, 0) is 37.7 Å². The normalized spacial score (nSPS) is 12.8. The minimum absolute atomic E-state index is 0.0347. The molecule has 0 aliphatic rings. The highest BCUT2D eigenvalue weighted by Crippen LogP contribution is 2.09. The molecule has 0 aliphatic heterocycles. The summed E-state index contributed by atoms with van der Waals surface area (Å²) in [5.74, 6) is 0.780. The first-order valence-electron chi connectivity index (χ1n) is 6.54. The second-order valence-corrected chi connectivity index (χ2v) is 5.69. The van der Waals surface area contributed by atoms with Gasteiger partial charge in [-0.1, -0.05) is 26.0 Å². The first-order chi connectivity index (χ1) is 8.93. The van der Waals surface area contributed by atoms with Gasteiger partial charge in [-0.2, -0.15) is 0 Å². The lowest BCUT2D eigenvalue weighted by Gasteiger charge is -2.25. The molecular formula is C15H23ClN2O. The van der Waals surface area contributed by atoms with E-state index in [1.165, 1.54) is 0 Å². The average Bonchev–Trinajstić information content (AvgIpc) is 2.37. The van der Waals surface area contributed by atoms with Crippen molar-refractivity contribution >= 4 is 17.5 Å². The molecule has 1 rings (SSSR count). The van der Waals surface area contributed by atoms with Crippen molar-refractivity contribution in [3.8, 4) is 0 Å². The van der Waals surface area contributed by atoms with Crippen LogP contribution >= 0.6 is 11.6 Å². The Morgan fingerprint density at radius 3 is 2.58 bits per heavy atom. The first-order valence-corrected chi connectivity index (χ1v) is 7.08. The molecule has 0 heterocycles. The molecule has 1 amide bonds. The van der Waals surface area contributed by atoms with Gasteiger partial charge in [0, 0.05) is 24.0 Å². The quantitative estimate of drug-likeness (QED) is 0.814. The Kier molecular flexibility index (Phi) is 6.32. The van der Waals surface area contributed by atoms with Crippen LogP contribution in [0, 0.1) is 5.92 Å². The Morgan fingerprint density at radius 1 is 1.37 bits per heavy atom. The fourth-order valence-electron chi connectivity index (χ4n) is 1.86. The van der Waals surface area contributed by atoms with Crippen LogP contribution in [0.2, 0.25) is 0 Å². The van der Waals surface area contributed by atoms with Crippen molar-refractivity contribution in [3.63, 3.8) is 0 Å². The van der Waals surface area contributed by atoms with Crippen molar-refractivity contribution in [3.05, 3.63) is 35.4 Å². The Morgan fingerprint density at radius 2 is 2.05 bits per heavy atom. The lowest BCUT2D eigenvalue weighted by molar-refractivity contribution is 0.0916. The number of nitrogens with zero attached hydrogens (tertiary/aromatic N) is 1. The average molecular weight is 283 g/mol. The maximum atomic E-state index is 12.2. The van der Waals surface area contributed by atoms with E-state index in [2.05, 4.69) is 24.1 Å². The molecule has 0 spiro atoms. The highest BCUT2D eigenvalue weighted by Gasteiger charge is 2.17. The number of benzene rings is 1. The highest BCUT2D eigenvalue weighted by atomic mass is 35.5. The highest BCUT2D eigenvalue weighted by molar-refractivity contribution is 6.17. The van der Waals surface area contributed by atoms with Gasteiger partial charge in [-0.3, -0.25) is 4.79 Å². The van der Waals surface area contributed by atoms with E-state index in [4.69, 9.17) is 11.6 Å². The third kappa shape index (κ3) is 5.21. The summed E-state index contributed by atoms with van der Waals surface area (Å²) in [5, 5.41) is 3.09. The van der Waals surface area contributed by atoms with Crippen LogP contribution in [0.5, 0.6) is 0 Å². The molecule has 0 aliphatic carbocycles. The van der Waals surface area contributed by atoms with Crippen LogP contribution in [0.25, 0.3) is 0 Å². The predicted molar refractivity (Wildman–Crippen MR) is 80.6 cm³/mol. The summed E-state index contributed by atoms with van der Waals surface area (Å²) >= 11 is 5.79. The second-order valence-electron chi connectivity index (χ2n) is 5.42. The van der Waals surface area contributed by atoms with E-state index in [0.717, 1.165) is 12.1 Å². The smallest absolute Gasteiger partial charge is 0.251 e. The molecular weight excluding hydrogens is 260 g/mol. The third-order valence-electron chi connectivity index (χ3n) is 3.03. The molecule has 0 bridgehead atoms. The van der Waals surface area contributed by atoms with Gasteiger partial charge in [0.1, 0.15) is 0 Å². The summed E-state index contributed by atoms with van der Waals surface area (Å²) in [4.78, 5) is 14.3. The Labute approximate surface area is 120 Å². The standard InChI is InChI=1S/C15H23ClN2O/c1-11(2)14(10-18(3)4)17-15(19)13-7-5-6-12(8-13)9-16/h5-8,11,14H,9-10H2,1-4H3,(H,17,19). The fourth-order valence-corrected chi connectivity index (χ4v) is 2.03. The van der Waals surface area contributed by atoms with E-state index in [1.807, 2.05) is 38.4 Å². The molecule has 0 fully saturated rings. The first kappa shape index (κ1) is 16.0. The van der Waals surface area contributed by atoms with Crippen LogP contribution in [0.1, 0.15) is 29.8 Å². The van der Waals surface area contributed by atoms with E-state index in [-0.39, 0.29) is 11.9 Å². The minimum Gasteiger partial charge on any atom is -0.348 e. The zero-order valence-corrected chi connectivity index (χ0v) is 12.9. The van der Waals surface area contributed by atoms with Gasteiger partial charge in [0.05, 0.1) is 0 Å². The van der Waals surface area contributed by atoms with E-state index < -0.39 is 0 Å². The summed E-state index contributed by atoms with van der Waals surface area (Å²) in [5.41, 5.74) is 1.63. The number of hydrogen-bond donors (Lipinski definition) is 1. The van der Waals surface area contributed by atoms with Gasteiger partial charge in [-0.15, -0.1) is 11.6 Å². The summed E-state index contributed by atoms with van der Waals surface area (Å²) < 4.78 is 0. The number of hydrogen-bond acceptors (Lipinski definition) is 2. The maximum absolute atomic E-state index is 12.2. The Hall–Kier alpha value is -1.06. The molecule has 4 heteroatoms. The number of rotatable bonds is 6. The van der Waals surface area contributed by atoms with Crippen LogP contribution in [0.3, 0.4) is 0 Å². The molecule has 0 radical (unpaired) electrons. The molecule has 1 aromatic rings. The topological polar surface area (TPSA) is 32.3 Å². The summed E-state index contributed by atoms with van der Waals surface area (Å²) in [6, 6.07) is 7.59. The Balaban J connectivity index is 2.75. The van der Waals surface area contributed by atoms with Crippen LogP contribution in [0.15, 0.2) is 24.3 Å². The number of alkyl halides is 1. The van der Waals surface area contributed by atoms with E-state index >= 15 is 0 Å². The number of likely N-dealkylation sites (N-methyl/N-ethyl adjacent to an activating group) is 1. The molecule has 0 saturated heterocycles. The molecule has 3 nitrogen and oxygen atoms in total. The predicted octanol–water partition coefficient (Wildman–Crippen LogP) is 2.74. The molecule has 106 valence electrons. The van der Waals surface area contributed by atoms with Gasteiger partial charge >= 0.3 is 0 Å². The van der Waals surface area contributed by atoms with Gasteiger partial charge in [-0.25, -0.2) is 0 Å². The number of halogens is 1. The van der Waals surface area contributed by atoms with Crippen LogP contribution in [0.4, 0.5) is 0 Å². The summed E-state index contributed by atoms with van der Waals surface area (Å²) in [6.07, 6.45) is 0. The van der Waals surface area contributed by atoms with E-state index in [9.17, 15) is 4.79 Å². The SMILES string of the molecule is CC(C)C(CN(C)C)NC(=O)c1cccc(CCl)c1. The number of nitrogens with one attached hydrogen (secondary N) is 1. The molecule has 0 aromatic heterocycles. The van der Waals surface area contributed by atoms with Gasteiger partial charge in [0.15, 0.2) is 0 Å². The van der Waals surface area contributed by atoms with Gasteiger partial charge in [0.2, 0.25) is 0 Å². The molecule has 1 unspecified atom stereocenters. The number of carbonyl (C=O) groups excluding carboxylic acids is 1.